The van der Waals surface area contributed by atoms with Crippen molar-refractivity contribution in [2.24, 2.45) is 5.41 Å². The lowest BCUT2D eigenvalue weighted by Gasteiger charge is -2.44. The van der Waals surface area contributed by atoms with Crippen molar-refractivity contribution in [1.82, 2.24) is 30.0 Å². The Hall–Kier alpha value is -2.48. The zero-order chi connectivity index (χ0) is 18.9. The Labute approximate surface area is 158 Å². The maximum absolute atomic E-state index is 12.1. The van der Waals surface area contributed by atoms with Crippen molar-refractivity contribution in [3.05, 3.63) is 35.5 Å². The number of fused-ring (bicyclic) bond motifs is 1. The number of nitrogens with one attached hydrogen (secondary N) is 1. The highest BCUT2D eigenvalue weighted by molar-refractivity contribution is 5.90. The van der Waals surface area contributed by atoms with Crippen LogP contribution >= 0.6 is 0 Å². The molecule has 0 aliphatic carbocycles. The lowest BCUT2D eigenvalue weighted by Crippen LogP contribution is -2.44. The van der Waals surface area contributed by atoms with Crippen molar-refractivity contribution in [2.45, 2.75) is 38.8 Å². The third kappa shape index (κ3) is 3.41. The first-order chi connectivity index (χ1) is 13.1. The summed E-state index contributed by atoms with van der Waals surface area (Å²) in [6, 6.07) is 4.04. The lowest BCUT2D eigenvalue weighted by molar-refractivity contribution is 0.0614. The average molecular weight is 370 g/mol. The lowest BCUT2D eigenvalue weighted by atomic mass is 9.73. The van der Waals surface area contributed by atoms with E-state index in [4.69, 9.17) is 4.74 Å². The third-order valence-corrected chi connectivity index (χ3v) is 5.98. The van der Waals surface area contributed by atoms with Gasteiger partial charge in [0, 0.05) is 38.3 Å². The van der Waals surface area contributed by atoms with Gasteiger partial charge < -0.3 is 14.6 Å². The smallest absolute Gasteiger partial charge is 0.288 e. The molecule has 0 bridgehead atoms. The van der Waals surface area contributed by atoms with Crippen molar-refractivity contribution >= 4 is 5.91 Å². The molecule has 0 unspecified atom stereocenters. The normalized spacial score (nSPS) is 18.9. The molecule has 8 heteroatoms. The molecule has 1 spiro atoms. The van der Waals surface area contributed by atoms with E-state index in [-0.39, 0.29) is 11.3 Å². The highest BCUT2D eigenvalue weighted by Crippen LogP contribution is 2.41. The molecule has 2 aromatic rings. The molecule has 27 heavy (non-hydrogen) atoms. The number of nitrogens with zero attached hydrogens (tertiary/aromatic N) is 5. The van der Waals surface area contributed by atoms with Gasteiger partial charge in [-0.15, -0.1) is 10.2 Å². The van der Waals surface area contributed by atoms with E-state index in [1.807, 2.05) is 10.6 Å². The number of carbonyl (C=O) groups is 1. The van der Waals surface area contributed by atoms with Crippen LogP contribution in [-0.4, -0.2) is 57.8 Å². The fraction of sp³-hybridized carbons (Fsp3) is 0.579. The van der Waals surface area contributed by atoms with Crippen LogP contribution in [0.25, 0.3) is 0 Å². The molecule has 4 heterocycles. The summed E-state index contributed by atoms with van der Waals surface area (Å²) in [5.41, 5.74) is 1.36. The van der Waals surface area contributed by atoms with E-state index >= 15 is 0 Å². The second-order valence-corrected chi connectivity index (χ2v) is 7.55. The van der Waals surface area contributed by atoms with Crippen LogP contribution in [-0.2, 0) is 19.5 Å². The maximum atomic E-state index is 12.1. The van der Waals surface area contributed by atoms with Gasteiger partial charge in [0.15, 0.2) is 0 Å². The summed E-state index contributed by atoms with van der Waals surface area (Å²) >= 11 is 0. The summed E-state index contributed by atoms with van der Waals surface area (Å²) in [6.45, 7) is 3.76. The fourth-order valence-electron chi connectivity index (χ4n) is 4.32. The monoisotopic (exact) mass is 370 g/mol. The van der Waals surface area contributed by atoms with Gasteiger partial charge in [-0.2, -0.15) is 0 Å². The zero-order valence-electron chi connectivity index (χ0n) is 15.9. The zero-order valence-corrected chi connectivity index (χ0v) is 15.9. The van der Waals surface area contributed by atoms with Gasteiger partial charge in [0.05, 0.1) is 7.11 Å². The number of rotatable bonds is 4. The van der Waals surface area contributed by atoms with Crippen LogP contribution in [0, 0.1) is 5.41 Å². The number of amides is 1. The average Bonchev–Trinajstić information content (AvgIpc) is 3.12. The number of hydrogen-bond acceptors (Lipinski definition) is 6. The molecular weight excluding hydrogens is 344 g/mol. The number of aryl methyl sites for hydroxylation is 1. The Kier molecular flexibility index (Phi) is 4.82. The number of likely N-dealkylation sites (tertiary alicyclic amines) is 1. The number of ether oxygens (including phenoxy) is 1. The number of aromatic nitrogens is 4. The second-order valence-electron chi connectivity index (χ2n) is 7.55. The molecule has 144 valence electrons. The van der Waals surface area contributed by atoms with Gasteiger partial charge in [-0.1, -0.05) is 6.07 Å². The molecule has 1 amide bonds. The Morgan fingerprint density at radius 1 is 1.30 bits per heavy atom. The molecule has 1 fully saturated rings. The molecule has 8 nitrogen and oxygen atoms in total. The Bertz CT molecular complexity index is 825. The second kappa shape index (κ2) is 7.26. The van der Waals surface area contributed by atoms with E-state index in [9.17, 15) is 4.79 Å². The van der Waals surface area contributed by atoms with Gasteiger partial charge in [0.2, 0.25) is 11.7 Å². The molecular formula is C19H26N6O2. The van der Waals surface area contributed by atoms with Gasteiger partial charge >= 0.3 is 0 Å². The van der Waals surface area contributed by atoms with Crippen molar-refractivity contribution in [1.29, 1.82) is 0 Å². The predicted molar refractivity (Wildman–Crippen MR) is 99.5 cm³/mol. The Morgan fingerprint density at radius 2 is 2.11 bits per heavy atom. The SMILES string of the molecule is CNC(=O)c1nnc2n1CC1(CC2)CCN(Cc2cccnc2OC)CC1. The molecule has 2 aromatic heterocycles. The first kappa shape index (κ1) is 17.9. The molecule has 2 aliphatic rings. The van der Waals surface area contributed by atoms with Crippen LogP contribution in [0.1, 0.15) is 41.3 Å². The van der Waals surface area contributed by atoms with E-state index in [1.54, 1.807) is 20.4 Å². The Balaban J connectivity index is 1.43. The minimum absolute atomic E-state index is 0.160. The highest BCUT2D eigenvalue weighted by atomic mass is 16.5. The molecule has 4 rings (SSSR count). The van der Waals surface area contributed by atoms with Crippen LogP contribution in [0.5, 0.6) is 5.88 Å². The molecule has 2 aliphatic heterocycles. The largest absolute Gasteiger partial charge is 0.481 e. The van der Waals surface area contributed by atoms with E-state index in [1.165, 1.54) is 0 Å². The predicted octanol–water partition coefficient (Wildman–Crippen LogP) is 1.27. The van der Waals surface area contributed by atoms with E-state index in [0.717, 1.165) is 63.3 Å². The molecule has 0 atom stereocenters. The quantitative estimate of drug-likeness (QED) is 0.872. The van der Waals surface area contributed by atoms with E-state index in [0.29, 0.717) is 11.7 Å². The van der Waals surface area contributed by atoms with Crippen LogP contribution in [0.3, 0.4) is 0 Å². The minimum Gasteiger partial charge on any atom is -0.481 e. The number of pyridine rings is 1. The van der Waals surface area contributed by atoms with Gasteiger partial charge in [0.25, 0.3) is 5.91 Å². The number of piperidine rings is 1. The van der Waals surface area contributed by atoms with Crippen LogP contribution in [0.4, 0.5) is 0 Å². The van der Waals surface area contributed by atoms with E-state index in [2.05, 4.69) is 31.5 Å². The summed E-state index contributed by atoms with van der Waals surface area (Å²) in [5.74, 6) is 1.92. The first-order valence-electron chi connectivity index (χ1n) is 9.48. The van der Waals surface area contributed by atoms with Gasteiger partial charge in [-0.25, -0.2) is 4.98 Å². The summed E-state index contributed by atoms with van der Waals surface area (Å²) < 4.78 is 7.41. The fourth-order valence-corrected chi connectivity index (χ4v) is 4.32. The highest BCUT2D eigenvalue weighted by Gasteiger charge is 2.39. The number of methoxy groups -OCH3 is 1. The summed E-state index contributed by atoms with van der Waals surface area (Å²) in [7, 11) is 3.30. The van der Waals surface area contributed by atoms with Crippen molar-refractivity contribution in [3.63, 3.8) is 0 Å². The van der Waals surface area contributed by atoms with Gasteiger partial charge in [-0.05, 0) is 43.8 Å². The molecule has 1 saturated heterocycles. The summed E-state index contributed by atoms with van der Waals surface area (Å²) in [4.78, 5) is 18.8. The standard InChI is InChI=1S/C19H26N6O2/c1-20-17(26)16-23-22-15-5-6-19(13-25(15)16)7-10-24(11-8-19)12-14-4-3-9-21-18(14)27-2/h3-4,9H,5-8,10-13H2,1-2H3,(H,20,26). The number of hydrogen-bond donors (Lipinski definition) is 1. The van der Waals surface area contributed by atoms with Crippen LogP contribution in [0.2, 0.25) is 0 Å². The third-order valence-electron chi connectivity index (χ3n) is 5.98. The van der Waals surface area contributed by atoms with Gasteiger partial charge in [-0.3, -0.25) is 9.69 Å². The van der Waals surface area contributed by atoms with Crippen molar-refractivity contribution in [2.75, 3.05) is 27.2 Å². The van der Waals surface area contributed by atoms with Gasteiger partial charge in [0.1, 0.15) is 5.82 Å². The van der Waals surface area contributed by atoms with E-state index < -0.39 is 0 Å². The maximum Gasteiger partial charge on any atom is 0.288 e. The van der Waals surface area contributed by atoms with Crippen molar-refractivity contribution < 1.29 is 9.53 Å². The number of carbonyl (C=O) groups excluding carboxylic acids is 1. The topological polar surface area (TPSA) is 85.2 Å². The molecule has 0 radical (unpaired) electrons. The Morgan fingerprint density at radius 3 is 2.85 bits per heavy atom. The molecule has 1 N–H and O–H groups in total. The summed E-state index contributed by atoms with van der Waals surface area (Å²) in [5, 5.41) is 11.0. The van der Waals surface area contributed by atoms with Crippen LogP contribution < -0.4 is 10.1 Å². The van der Waals surface area contributed by atoms with Crippen molar-refractivity contribution in [3.8, 4) is 5.88 Å². The molecule has 0 saturated carbocycles. The minimum atomic E-state index is -0.160. The van der Waals surface area contributed by atoms with Crippen LogP contribution in [0.15, 0.2) is 18.3 Å². The summed E-state index contributed by atoms with van der Waals surface area (Å²) in [6.07, 6.45) is 5.99. The first-order valence-corrected chi connectivity index (χ1v) is 9.48. The molecule has 0 aromatic carbocycles.